The molecule has 2 aromatic rings. The van der Waals surface area contributed by atoms with Crippen molar-refractivity contribution >= 4 is 27.7 Å². The molecule has 0 N–H and O–H groups in total. The van der Waals surface area contributed by atoms with Crippen LogP contribution in [-0.2, 0) is 14.8 Å². The van der Waals surface area contributed by atoms with Gasteiger partial charge in [0.05, 0.1) is 4.90 Å². The smallest absolute Gasteiger partial charge is 0.243 e. The number of carbonyl (C=O) groups excluding carboxylic acids is 1. The van der Waals surface area contributed by atoms with Gasteiger partial charge in [-0.25, -0.2) is 8.42 Å². The molecular formula is C23H27N3O3S. The van der Waals surface area contributed by atoms with E-state index >= 15 is 0 Å². The minimum Gasteiger partial charge on any atom is -0.312 e. The summed E-state index contributed by atoms with van der Waals surface area (Å²) < 4.78 is 27.6. The summed E-state index contributed by atoms with van der Waals surface area (Å²) in [6.07, 6.45) is 5.63. The normalized spacial score (nSPS) is 19.1. The number of nitrogens with zero attached hydrogens (tertiary/aromatic N) is 3. The number of hydrogen-bond donors (Lipinski definition) is 0. The molecule has 0 bridgehead atoms. The molecule has 2 aromatic carbocycles. The van der Waals surface area contributed by atoms with E-state index in [2.05, 4.69) is 29.2 Å². The van der Waals surface area contributed by atoms with Crippen LogP contribution in [0.15, 0.2) is 65.6 Å². The molecule has 2 aliphatic rings. The Bertz CT molecular complexity index is 996. The lowest BCUT2D eigenvalue weighted by Gasteiger charge is -2.33. The van der Waals surface area contributed by atoms with Crippen LogP contribution < -0.4 is 4.90 Å². The van der Waals surface area contributed by atoms with E-state index in [1.165, 1.54) is 0 Å². The van der Waals surface area contributed by atoms with Crippen molar-refractivity contribution in [3.05, 3.63) is 66.2 Å². The van der Waals surface area contributed by atoms with Crippen LogP contribution in [0, 0.1) is 0 Å². The molecule has 0 atom stereocenters. The summed E-state index contributed by atoms with van der Waals surface area (Å²) in [4.78, 5) is 16.1. The van der Waals surface area contributed by atoms with Gasteiger partial charge < -0.3 is 4.90 Å². The standard InChI is InChI=1S/C23H27N3O3S/c27-23-9-5-15-26(23)21-10-12-22(13-11-21)30(28,29)25-18-16-24(17-19-25)14-4-8-20-6-2-1-3-7-20/h1-4,6-8,10-13H,5,9,14-19H2/b8-4+. The molecule has 0 spiro atoms. The molecule has 0 aromatic heterocycles. The second-order valence-corrected chi connectivity index (χ2v) is 9.60. The van der Waals surface area contributed by atoms with Crippen molar-refractivity contribution in [2.24, 2.45) is 0 Å². The van der Waals surface area contributed by atoms with Gasteiger partial charge in [0.1, 0.15) is 0 Å². The monoisotopic (exact) mass is 425 g/mol. The number of rotatable bonds is 6. The molecule has 4 rings (SSSR count). The molecule has 2 saturated heterocycles. The van der Waals surface area contributed by atoms with Crippen LogP contribution in [0.2, 0.25) is 0 Å². The Kier molecular flexibility index (Phi) is 6.32. The van der Waals surface area contributed by atoms with E-state index in [9.17, 15) is 13.2 Å². The number of anilines is 1. The van der Waals surface area contributed by atoms with E-state index < -0.39 is 10.0 Å². The van der Waals surface area contributed by atoms with Crippen LogP contribution in [0.1, 0.15) is 18.4 Å². The molecule has 0 aliphatic carbocycles. The van der Waals surface area contributed by atoms with E-state index in [1.54, 1.807) is 33.5 Å². The Morgan fingerprint density at radius 1 is 0.867 bits per heavy atom. The van der Waals surface area contributed by atoms with Gasteiger partial charge in [0.2, 0.25) is 15.9 Å². The lowest BCUT2D eigenvalue weighted by atomic mass is 10.2. The highest BCUT2D eigenvalue weighted by Gasteiger charge is 2.29. The summed E-state index contributed by atoms with van der Waals surface area (Å²) in [5.74, 6) is 0.100. The molecule has 1 amide bonds. The first-order valence-electron chi connectivity index (χ1n) is 10.4. The van der Waals surface area contributed by atoms with Crippen LogP contribution in [0.3, 0.4) is 0 Å². The largest absolute Gasteiger partial charge is 0.312 e. The van der Waals surface area contributed by atoms with Crippen molar-refractivity contribution in [3.63, 3.8) is 0 Å². The number of piperazine rings is 1. The summed E-state index contributed by atoms with van der Waals surface area (Å²) >= 11 is 0. The lowest BCUT2D eigenvalue weighted by molar-refractivity contribution is -0.117. The highest BCUT2D eigenvalue weighted by atomic mass is 32.2. The maximum absolute atomic E-state index is 13.0. The predicted molar refractivity (Wildman–Crippen MR) is 119 cm³/mol. The zero-order valence-corrected chi connectivity index (χ0v) is 17.8. The van der Waals surface area contributed by atoms with E-state index in [0.717, 1.165) is 24.2 Å². The van der Waals surface area contributed by atoms with Crippen LogP contribution in [0.5, 0.6) is 0 Å². The predicted octanol–water partition coefficient (Wildman–Crippen LogP) is 2.83. The van der Waals surface area contributed by atoms with Crippen molar-refractivity contribution in [3.8, 4) is 0 Å². The van der Waals surface area contributed by atoms with Gasteiger partial charge in [-0.1, -0.05) is 42.5 Å². The average Bonchev–Trinajstić information content (AvgIpc) is 3.21. The number of carbonyl (C=O) groups is 1. The fourth-order valence-electron chi connectivity index (χ4n) is 3.92. The second-order valence-electron chi connectivity index (χ2n) is 7.66. The number of hydrogen-bond acceptors (Lipinski definition) is 4. The third-order valence-electron chi connectivity index (χ3n) is 5.66. The van der Waals surface area contributed by atoms with Crippen molar-refractivity contribution in [2.45, 2.75) is 17.7 Å². The highest BCUT2D eigenvalue weighted by molar-refractivity contribution is 7.89. The van der Waals surface area contributed by atoms with Crippen LogP contribution >= 0.6 is 0 Å². The van der Waals surface area contributed by atoms with Gasteiger partial charge in [-0.05, 0) is 36.2 Å². The van der Waals surface area contributed by atoms with E-state index in [-0.39, 0.29) is 10.8 Å². The van der Waals surface area contributed by atoms with Crippen molar-refractivity contribution in [2.75, 3.05) is 44.2 Å². The Labute approximate surface area is 178 Å². The van der Waals surface area contributed by atoms with Crippen molar-refractivity contribution in [1.82, 2.24) is 9.21 Å². The average molecular weight is 426 g/mol. The lowest BCUT2D eigenvalue weighted by Crippen LogP contribution is -2.48. The number of sulfonamides is 1. The molecule has 2 heterocycles. The topological polar surface area (TPSA) is 60.9 Å². The first kappa shape index (κ1) is 20.8. The Hall–Kier alpha value is -2.48. The highest BCUT2D eigenvalue weighted by Crippen LogP contribution is 2.25. The fraction of sp³-hybridized carbons (Fsp3) is 0.348. The zero-order valence-electron chi connectivity index (χ0n) is 17.0. The van der Waals surface area contributed by atoms with E-state index in [0.29, 0.717) is 39.1 Å². The van der Waals surface area contributed by atoms with Crippen LogP contribution in [0.4, 0.5) is 5.69 Å². The quantitative estimate of drug-likeness (QED) is 0.714. The molecule has 0 radical (unpaired) electrons. The molecule has 30 heavy (non-hydrogen) atoms. The van der Waals surface area contributed by atoms with Gasteiger partial charge >= 0.3 is 0 Å². The minimum absolute atomic E-state index is 0.100. The minimum atomic E-state index is -3.52. The molecule has 0 saturated carbocycles. The number of benzene rings is 2. The third kappa shape index (κ3) is 4.64. The van der Waals surface area contributed by atoms with Gasteiger partial charge in [0, 0.05) is 51.4 Å². The molecule has 2 aliphatic heterocycles. The summed E-state index contributed by atoms with van der Waals surface area (Å²) in [7, 11) is -3.52. The van der Waals surface area contributed by atoms with Crippen LogP contribution in [-0.4, -0.2) is 62.8 Å². The first-order chi connectivity index (χ1) is 14.5. The Morgan fingerprint density at radius 2 is 1.57 bits per heavy atom. The van der Waals surface area contributed by atoms with Gasteiger partial charge in [-0.3, -0.25) is 9.69 Å². The summed E-state index contributed by atoms with van der Waals surface area (Å²) in [5, 5.41) is 0. The first-order valence-corrected chi connectivity index (χ1v) is 11.8. The Morgan fingerprint density at radius 3 is 2.20 bits per heavy atom. The van der Waals surface area contributed by atoms with Gasteiger partial charge in [-0.2, -0.15) is 4.31 Å². The van der Waals surface area contributed by atoms with E-state index in [4.69, 9.17) is 0 Å². The van der Waals surface area contributed by atoms with Gasteiger partial charge in [0.15, 0.2) is 0 Å². The molecule has 0 unspecified atom stereocenters. The molecular weight excluding hydrogens is 398 g/mol. The SMILES string of the molecule is O=C1CCCN1c1ccc(S(=O)(=O)N2CCN(C/C=C/c3ccccc3)CC2)cc1. The number of amides is 1. The van der Waals surface area contributed by atoms with Crippen molar-refractivity contribution < 1.29 is 13.2 Å². The van der Waals surface area contributed by atoms with Gasteiger partial charge in [0.25, 0.3) is 0 Å². The van der Waals surface area contributed by atoms with E-state index in [1.807, 2.05) is 18.2 Å². The van der Waals surface area contributed by atoms with Crippen molar-refractivity contribution in [1.29, 1.82) is 0 Å². The zero-order chi connectivity index (χ0) is 21.0. The van der Waals surface area contributed by atoms with Gasteiger partial charge in [-0.15, -0.1) is 0 Å². The molecule has 2 fully saturated rings. The summed E-state index contributed by atoms with van der Waals surface area (Å²) in [5.41, 5.74) is 1.93. The molecule has 6 nitrogen and oxygen atoms in total. The fourth-order valence-corrected chi connectivity index (χ4v) is 5.34. The maximum atomic E-state index is 13.0. The molecule has 158 valence electrons. The third-order valence-corrected chi connectivity index (χ3v) is 7.58. The summed E-state index contributed by atoms with van der Waals surface area (Å²) in [6.45, 7) is 3.88. The maximum Gasteiger partial charge on any atom is 0.243 e. The van der Waals surface area contributed by atoms with Crippen LogP contribution in [0.25, 0.3) is 6.08 Å². The summed E-state index contributed by atoms with van der Waals surface area (Å²) in [6, 6.07) is 16.9. The second kappa shape index (κ2) is 9.12. The Balaban J connectivity index is 1.33. The molecule has 7 heteroatoms.